The van der Waals surface area contributed by atoms with E-state index in [9.17, 15) is 15.0 Å². The molecule has 0 bridgehead atoms. The number of likely N-dealkylation sites (tertiary alicyclic amines) is 1. The number of benzene rings is 4. The highest BCUT2D eigenvalue weighted by atomic mass is 35.5. The Hall–Kier alpha value is -3.79. The molecule has 1 saturated heterocycles. The van der Waals surface area contributed by atoms with Crippen molar-refractivity contribution >= 4 is 41.1 Å². The van der Waals surface area contributed by atoms with Gasteiger partial charge in [-0.15, -0.1) is 0 Å². The number of aliphatic hydroxyl groups is 2. The second kappa shape index (κ2) is 16.2. The maximum absolute atomic E-state index is 17.1. The average molecular weight is 801 g/mol. The molecule has 7 rings (SSSR count). The van der Waals surface area contributed by atoms with Gasteiger partial charge in [0.05, 0.1) is 34.7 Å². The molecule has 5 atom stereocenters. The molecule has 10 heteroatoms. The maximum Gasteiger partial charge on any atom is 0.238 e. The lowest BCUT2D eigenvalue weighted by Gasteiger charge is -2.56. The zero-order valence-corrected chi connectivity index (χ0v) is 33.7. The van der Waals surface area contributed by atoms with E-state index < -0.39 is 47.0 Å². The first-order valence-corrected chi connectivity index (χ1v) is 20.6. The number of nitrogens with one attached hydrogen (secondary N) is 2. The van der Waals surface area contributed by atoms with E-state index in [1.165, 1.54) is 6.07 Å². The third-order valence-electron chi connectivity index (χ3n) is 13.2. The average Bonchev–Trinajstić information content (AvgIpc) is 3.44. The number of hydrogen-bond donors (Lipinski definition) is 4. The molecule has 7 nitrogen and oxygen atoms in total. The molecule has 1 unspecified atom stereocenters. The van der Waals surface area contributed by atoms with Gasteiger partial charge in [-0.05, 0) is 97.2 Å². The maximum atomic E-state index is 17.1. The number of hydrogen-bond acceptors (Lipinski definition) is 6. The molecule has 2 saturated carbocycles. The Morgan fingerprint density at radius 2 is 1.50 bits per heavy atom. The van der Waals surface area contributed by atoms with Gasteiger partial charge in [0, 0.05) is 35.3 Å². The summed E-state index contributed by atoms with van der Waals surface area (Å²) < 4.78 is 17.1. The number of halogens is 3. The summed E-state index contributed by atoms with van der Waals surface area (Å²) in [5, 5.41) is 30.2. The van der Waals surface area contributed by atoms with Gasteiger partial charge in [0.15, 0.2) is 0 Å². The van der Waals surface area contributed by atoms with Crippen LogP contribution in [-0.2, 0) is 15.0 Å². The van der Waals surface area contributed by atoms with Crippen LogP contribution >= 0.6 is 23.2 Å². The van der Waals surface area contributed by atoms with E-state index in [0.29, 0.717) is 73.2 Å². The van der Waals surface area contributed by atoms with Gasteiger partial charge in [-0.25, -0.2) is 4.39 Å². The molecule has 1 amide bonds. The van der Waals surface area contributed by atoms with Crippen LogP contribution in [0, 0.1) is 11.2 Å². The summed E-state index contributed by atoms with van der Waals surface area (Å²) in [4.78, 5) is 32.8. The third kappa shape index (κ3) is 7.06. The predicted molar refractivity (Wildman–Crippen MR) is 220 cm³/mol. The summed E-state index contributed by atoms with van der Waals surface area (Å²) in [6.45, 7) is 4.43. The number of carbonyl (C=O) groups excluding carboxylic acids is 2. The van der Waals surface area contributed by atoms with Crippen LogP contribution in [0.2, 0.25) is 10.0 Å². The molecule has 1 aliphatic heterocycles. The van der Waals surface area contributed by atoms with Gasteiger partial charge >= 0.3 is 0 Å². The van der Waals surface area contributed by atoms with E-state index in [1.807, 2.05) is 66.7 Å². The molecule has 4 N–H and O–H groups in total. The summed E-state index contributed by atoms with van der Waals surface area (Å²) in [6.07, 6.45) is 3.91. The van der Waals surface area contributed by atoms with Crippen molar-refractivity contribution < 1.29 is 24.2 Å². The van der Waals surface area contributed by atoms with E-state index in [0.717, 1.165) is 11.8 Å². The van der Waals surface area contributed by atoms with Crippen molar-refractivity contribution in [2.75, 3.05) is 12.4 Å². The third-order valence-corrected chi connectivity index (χ3v) is 13.7. The molecule has 4 aromatic rings. The van der Waals surface area contributed by atoms with E-state index in [2.05, 4.69) is 29.4 Å². The largest absolute Gasteiger partial charge is 0.393 e. The molecule has 56 heavy (non-hydrogen) atoms. The van der Waals surface area contributed by atoms with Crippen molar-refractivity contribution in [1.82, 2.24) is 10.2 Å². The second-order valence-corrected chi connectivity index (χ2v) is 17.7. The molecule has 0 radical (unpaired) electrons. The van der Waals surface area contributed by atoms with E-state index in [1.54, 1.807) is 31.3 Å². The number of aliphatic hydroxyl groups excluding tert-OH is 2. The first kappa shape index (κ1) is 40.4. The second-order valence-electron chi connectivity index (χ2n) is 16.8. The van der Waals surface area contributed by atoms with Crippen LogP contribution in [0.25, 0.3) is 0 Å². The highest BCUT2D eigenvalue weighted by Crippen LogP contribution is 2.67. The van der Waals surface area contributed by atoms with Crippen molar-refractivity contribution in [2.45, 2.75) is 112 Å². The Balaban J connectivity index is 1.61. The number of aldehydes is 1. The van der Waals surface area contributed by atoms with Crippen molar-refractivity contribution in [3.63, 3.8) is 0 Å². The van der Waals surface area contributed by atoms with Crippen LogP contribution in [0.3, 0.4) is 0 Å². The number of nitrogens with zero attached hydrogens (tertiary/aromatic N) is 1. The van der Waals surface area contributed by atoms with Crippen molar-refractivity contribution in [3.05, 3.63) is 135 Å². The van der Waals surface area contributed by atoms with E-state index in [4.69, 9.17) is 23.2 Å². The Morgan fingerprint density at radius 1 is 0.875 bits per heavy atom. The van der Waals surface area contributed by atoms with Gasteiger partial charge in [0.2, 0.25) is 5.91 Å². The van der Waals surface area contributed by atoms with Gasteiger partial charge in [-0.2, -0.15) is 0 Å². The molecule has 1 heterocycles. The van der Waals surface area contributed by atoms with Crippen molar-refractivity contribution in [3.8, 4) is 0 Å². The molecule has 0 aromatic heterocycles. The fraction of sp³-hybridized carbons (Fsp3) is 0.435. The summed E-state index contributed by atoms with van der Waals surface area (Å²) >= 11 is 13.3. The minimum Gasteiger partial charge on any atom is -0.393 e. The zero-order chi connectivity index (χ0) is 39.8. The van der Waals surface area contributed by atoms with Crippen LogP contribution < -0.4 is 10.6 Å². The van der Waals surface area contributed by atoms with Crippen LogP contribution in [0.4, 0.5) is 10.1 Å². The summed E-state index contributed by atoms with van der Waals surface area (Å²) in [7, 11) is 1.76. The smallest absolute Gasteiger partial charge is 0.238 e. The van der Waals surface area contributed by atoms with Gasteiger partial charge < -0.3 is 25.6 Å². The number of amides is 1. The van der Waals surface area contributed by atoms with Crippen LogP contribution in [0.15, 0.2) is 97.1 Å². The molecular formula is C46H52Cl2FN3O4. The molecular weight excluding hydrogens is 748 g/mol. The number of rotatable bonds is 10. The van der Waals surface area contributed by atoms with Crippen LogP contribution in [0.1, 0.15) is 106 Å². The summed E-state index contributed by atoms with van der Waals surface area (Å²) in [6, 6.07) is 26.9. The Bertz CT molecular complexity index is 2020. The first-order chi connectivity index (χ1) is 26.9. The zero-order valence-electron chi connectivity index (χ0n) is 32.2. The van der Waals surface area contributed by atoms with E-state index in [-0.39, 0.29) is 28.0 Å². The molecule has 4 aromatic carbocycles. The van der Waals surface area contributed by atoms with Crippen molar-refractivity contribution in [2.24, 2.45) is 5.41 Å². The van der Waals surface area contributed by atoms with E-state index >= 15 is 9.18 Å². The van der Waals surface area contributed by atoms with Gasteiger partial charge in [0.1, 0.15) is 12.1 Å². The summed E-state index contributed by atoms with van der Waals surface area (Å²) in [5.74, 6) is -2.18. The quantitative estimate of drug-likeness (QED) is 0.119. The molecule has 2 aliphatic carbocycles. The Kier molecular flexibility index (Phi) is 11.7. The van der Waals surface area contributed by atoms with Gasteiger partial charge in [-0.1, -0.05) is 116 Å². The lowest BCUT2D eigenvalue weighted by atomic mass is 9.53. The van der Waals surface area contributed by atoms with Crippen LogP contribution in [-0.4, -0.2) is 58.1 Å². The lowest BCUT2D eigenvalue weighted by molar-refractivity contribution is -0.135. The van der Waals surface area contributed by atoms with Crippen molar-refractivity contribution in [1.29, 1.82) is 0 Å². The molecule has 3 aliphatic rings. The topological polar surface area (TPSA) is 102 Å². The number of carbonyl (C=O) groups is 2. The first-order valence-electron chi connectivity index (χ1n) is 19.8. The molecule has 296 valence electrons. The molecule has 1 spiro atoms. The minimum absolute atomic E-state index is 0.0995. The SMILES string of the molecule is CNc1cc(Cl)ccc1C1(C=O)[C@@H](c2cccc(Cl)c2F)[C@H](C(=O)N[C@H]2CC[C@H](O)CC2)N([C@H](c2ccccc2)[C@@H](O)c2ccccc2)C12CCC(C)(C)CC2. The van der Waals surface area contributed by atoms with Gasteiger partial charge in [0.25, 0.3) is 0 Å². The van der Waals surface area contributed by atoms with Gasteiger partial charge in [-0.3, -0.25) is 9.69 Å². The lowest BCUT2D eigenvalue weighted by Crippen LogP contribution is -2.63. The fourth-order valence-corrected chi connectivity index (χ4v) is 10.7. The highest BCUT2D eigenvalue weighted by Gasteiger charge is 2.73. The highest BCUT2D eigenvalue weighted by molar-refractivity contribution is 6.31. The normalized spacial score (nSPS) is 27.0. The molecule has 3 fully saturated rings. The van der Waals surface area contributed by atoms with Crippen LogP contribution in [0.5, 0.6) is 0 Å². The Labute approximate surface area is 339 Å². The number of anilines is 1. The Morgan fingerprint density at radius 3 is 2.11 bits per heavy atom. The monoisotopic (exact) mass is 799 g/mol. The minimum atomic E-state index is -1.58. The predicted octanol–water partition coefficient (Wildman–Crippen LogP) is 9.31. The fourth-order valence-electron chi connectivity index (χ4n) is 10.3. The standard InChI is InChI=1S/C46H52Cl2FN3O4/c1-44(2)23-25-45(26-24-44)46(28-53,35-22-17-31(47)27-37(35)50-3)38(34-15-10-16-36(48)39(34)49)41(43(56)51-32-18-20-33(54)21-19-32)52(45)40(29-11-6-4-7-12-29)42(55)30-13-8-5-9-14-30/h4-17,22,27-28,32-33,38,40-42,50,54-55H,18-21,23-26H2,1-3H3,(H,51,56)/t32-,33-,38-,40+,41+,42-,46?/m0/s1. The summed E-state index contributed by atoms with van der Waals surface area (Å²) in [5.41, 5.74) is -0.107.